The number of amides is 1. The van der Waals surface area contributed by atoms with Crippen molar-refractivity contribution in [2.75, 3.05) is 46.9 Å². The summed E-state index contributed by atoms with van der Waals surface area (Å²) in [5, 5.41) is 25.2. The lowest BCUT2D eigenvalue weighted by Gasteiger charge is -2.45. The molecule has 1 unspecified atom stereocenters. The molecule has 3 saturated heterocycles. The van der Waals surface area contributed by atoms with E-state index >= 15 is 0 Å². The molecular weight excluding hydrogens is 732 g/mol. The largest absolute Gasteiger partial charge is 0.506 e. The van der Waals surface area contributed by atoms with Gasteiger partial charge >= 0.3 is 5.97 Å². The molecule has 0 radical (unpaired) electrons. The lowest BCUT2D eigenvalue weighted by molar-refractivity contribution is -0.167. The number of methoxy groups -OCH3 is 1. The number of nitrogens with zero attached hydrogens (tertiary/aromatic N) is 2. The maximum atomic E-state index is 14.0. The average molecular weight is 785 g/mol. The first kappa shape index (κ1) is 39.8. The molecule has 2 bridgehead atoms. The number of phenolic OH excluding ortho intramolecular Hbond substituents is 1. The van der Waals surface area contributed by atoms with E-state index in [0.717, 1.165) is 88.5 Å². The van der Waals surface area contributed by atoms with E-state index in [1.807, 2.05) is 0 Å². The van der Waals surface area contributed by atoms with Gasteiger partial charge < -0.3 is 34.9 Å². The number of ether oxygens (including phenoxy) is 2. The Morgan fingerprint density at radius 2 is 1.86 bits per heavy atom. The number of aryl methyl sites for hydroxylation is 1. The van der Waals surface area contributed by atoms with Crippen LogP contribution in [-0.2, 0) is 27.9 Å². The number of nitrogens with one attached hydrogen (secondary N) is 2. The van der Waals surface area contributed by atoms with Crippen LogP contribution in [0.5, 0.6) is 11.5 Å². The maximum absolute atomic E-state index is 14.0. The lowest BCUT2D eigenvalue weighted by Crippen LogP contribution is -2.53. The molecule has 1 saturated carbocycles. The number of aromatic hydroxyl groups is 1. The molecule has 3 aliphatic heterocycles. The predicted molar refractivity (Wildman–Crippen MR) is 216 cm³/mol. The average Bonchev–Trinajstić information content (AvgIpc) is 3.21. The molecule has 1 aromatic heterocycles. The number of pyridine rings is 1. The highest BCUT2D eigenvalue weighted by atomic mass is 35.5. The van der Waals surface area contributed by atoms with E-state index in [-0.39, 0.29) is 41.4 Å². The van der Waals surface area contributed by atoms with Crippen molar-refractivity contribution in [1.82, 2.24) is 20.1 Å². The number of hydrogen-bond donors (Lipinski definition) is 4. The molecule has 1 aliphatic carbocycles. The van der Waals surface area contributed by atoms with Gasteiger partial charge in [0.2, 0.25) is 5.56 Å². The number of aromatic amines is 1. The van der Waals surface area contributed by atoms with Gasteiger partial charge in [-0.25, -0.2) is 0 Å². The predicted octanol–water partition coefficient (Wildman–Crippen LogP) is 6.26. The van der Waals surface area contributed by atoms with Crippen LogP contribution in [0, 0.1) is 5.92 Å². The van der Waals surface area contributed by atoms with Gasteiger partial charge in [0, 0.05) is 50.2 Å². The van der Waals surface area contributed by atoms with Crippen LogP contribution >= 0.6 is 11.6 Å². The third-order valence-electron chi connectivity index (χ3n) is 12.3. The third kappa shape index (κ3) is 8.46. The summed E-state index contributed by atoms with van der Waals surface area (Å²) in [5.41, 5.74) is 3.11. The van der Waals surface area contributed by atoms with E-state index in [1.54, 1.807) is 36.2 Å². The monoisotopic (exact) mass is 784 g/mol. The van der Waals surface area contributed by atoms with E-state index in [2.05, 4.69) is 39.5 Å². The second-order valence-corrected chi connectivity index (χ2v) is 16.2. The summed E-state index contributed by atoms with van der Waals surface area (Å²) < 4.78 is 12.0. The Morgan fingerprint density at radius 1 is 1.07 bits per heavy atom. The van der Waals surface area contributed by atoms with Crippen LogP contribution in [0.4, 0.5) is 0 Å². The van der Waals surface area contributed by atoms with Crippen LogP contribution in [0.1, 0.15) is 90.1 Å². The standard InChI is InChI=1S/C44H53ClN4O7/c1-48(19-7-9-28-8-6-10-31(22-28)44(17-4-3-5-18-44)43(54)56-39-27-49-20-15-29(39)16-21-49)42(53)34-24-38(55-2)30(23-35(34)45)25-46-26-37(51)32-11-13-36(50)41-33(32)12-14-40(52)47-41/h6,8,10-14,22-24,29,37,39,46,50-51H,3-5,7,9,15-21,25-27H2,1-2H3,(H,47,52)/t37-,39?/m0/s1. The first-order valence-corrected chi connectivity index (χ1v) is 20.3. The molecular formula is C44H53ClN4O7. The molecule has 56 heavy (non-hydrogen) atoms. The molecule has 1 amide bonds. The van der Waals surface area contributed by atoms with Crippen molar-refractivity contribution in [2.24, 2.45) is 5.92 Å². The third-order valence-corrected chi connectivity index (χ3v) is 12.6. The second-order valence-electron chi connectivity index (χ2n) is 15.8. The minimum absolute atomic E-state index is 0.00472. The summed E-state index contributed by atoms with van der Waals surface area (Å²) in [4.78, 5) is 46.2. The number of hydrogen-bond acceptors (Lipinski definition) is 9. The van der Waals surface area contributed by atoms with E-state index in [4.69, 9.17) is 21.1 Å². The van der Waals surface area contributed by atoms with Crippen LogP contribution in [0.3, 0.4) is 0 Å². The van der Waals surface area contributed by atoms with Crippen molar-refractivity contribution in [3.63, 3.8) is 0 Å². The Kier molecular flexibility index (Phi) is 12.4. The minimum Gasteiger partial charge on any atom is -0.506 e. The number of phenols is 1. The van der Waals surface area contributed by atoms with Crippen LogP contribution in [0.25, 0.3) is 10.9 Å². The van der Waals surface area contributed by atoms with Crippen molar-refractivity contribution in [1.29, 1.82) is 0 Å². The van der Waals surface area contributed by atoms with Crippen molar-refractivity contribution < 1.29 is 29.3 Å². The first-order chi connectivity index (χ1) is 27.1. The van der Waals surface area contributed by atoms with Crippen molar-refractivity contribution >= 4 is 34.4 Å². The van der Waals surface area contributed by atoms with Crippen LogP contribution < -0.4 is 15.6 Å². The maximum Gasteiger partial charge on any atom is 0.316 e. The fourth-order valence-corrected chi connectivity index (χ4v) is 9.27. The topological polar surface area (TPSA) is 144 Å². The fraction of sp³-hybridized carbons (Fsp3) is 0.477. The Labute approximate surface area is 332 Å². The number of rotatable bonds is 14. The molecule has 4 fully saturated rings. The molecule has 12 heteroatoms. The van der Waals surface area contributed by atoms with Crippen molar-refractivity contribution in [2.45, 2.75) is 82.0 Å². The summed E-state index contributed by atoms with van der Waals surface area (Å²) in [6.45, 7) is 4.05. The van der Waals surface area contributed by atoms with Gasteiger partial charge in [-0.2, -0.15) is 0 Å². The highest BCUT2D eigenvalue weighted by molar-refractivity contribution is 6.34. The van der Waals surface area contributed by atoms with Gasteiger partial charge in [-0.15, -0.1) is 0 Å². The van der Waals surface area contributed by atoms with E-state index < -0.39 is 11.5 Å². The number of aliphatic hydroxyl groups excluding tert-OH is 1. The number of H-pyrrole nitrogens is 1. The molecule has 4 heterocycles. The van der Waals surface area contributed by atoms with Gasteiger partial charge in [0.15, 0.2) is 0 Å². The summed E-state index contributed by atoms with van der Waals surface area (Å²) in [7, 11) is 3.30. The fourth-order valence-electron chi connectivity index (χ4n) is 9.00. The van der Waals surface area contributed by atoms with E-state index in [0.29, 0.717) is 51.9 Å². The molecule has 8 rings (SSSR count). The van der Waals surface area contributed by atoms with Gasteiger partial charge in [-0.1, -0.05) is 61.2 Å². The minimum atomic E-state index is -0.938. The smallest absolute Gasteiger partial charge is 0.316 e. The number of esters is 1. The highest BCUT2D eigenvalue weighted by Crippen LogP contribution is 2.42. The Bertz CT molecular complexity index is 2110. The van der Waals surface area contributed by atoms with Crippen molar-refractivity contribution in [3.8, 4) is 11.5 Å². The number of aromatic nitrogens is 1. The van der Waals surface area contributed by atoms with Gasteiger partial charge in [-0.3, -0.25) is 19.3 Å². The lowest BCUT2D eigenvalue weighted by atomic mass is 9.69. The van der Waals surface area contributed by atoms with Crippen LogP contribution in [0.15, 0.2) is 65.5 Å². The highest BCUT2D eigenvalue weighted by Gasteiger charge is 2.46. The molecule has 3 aromatic carbocycles. The number of carbonyl (C=O) groups excluding carboxylic acids is 2. The molecule has 11 nitrogen and oxygen atoms in total. The number of carbonyl (C=O) groups is 2. The van der Waals surface area contributed by atoms with Gasteiger partial charge in [0.1, 0.15) is 17.6 Å². The van der Waals surface area contributed by atoms with E-state index in [9.17, 15) is 24.6 Å². The van der Waals surface area contributed by atoms with Gasteiger partial charge in [-0.05, 0) is 98.5 Å². The molecule has 4 aromatic rings. The number of benzene rings is 3. The molecule has 298 valence electrons. The molecule has 4 N–H and O–H groups in total. The van der Waals surface area contributed by atoms with Gasteiger partial charge in [0.25, 0.3) is 5.91 Å². The zero-order chi connectivity index (χ0) is 39.4. The van der Waals surface area contributed by atoms with Crippen molar-refractivity contribution in [3.05, 3.63) is 104 Å². The quantitative estimate of drug-likeness (QED) is 0.109. The normalized spacial score (nSPS) is 20.8. The van der Waals surface area contributed by atoms with Gasteiger partial charge in [0.05, 0.1) is 34.7 Å². The Balaban J connectivity index is 0.950. The Morgan fingerprint density at radius 3 is 2.59 bits per heavy atom. The summed E-state index contributed by atoms with van der Waals surface area (Å²) in [6.07, 6.45) is 7.57. The SMILES string of the molecule is COc1cc(C(=O)N(C)CCCc2cccc(C3(C(=O)OC4CN5CCC4CC5)CCCCC3)c2)c(Cl)cc1CNC[C@H](O)c1ccc(O)c2[nH]c(=O)ccc12. The second kappa shape index (κ2) is 17.4. The summed E-state index contributed by atoms with van der Waals surface area (Å²) in [5.74, 6) is 0.621. The molecule has 0 spiro atoms. The van der Waals surface area contributed by atoms with Crippen LogP contribution in [0.2, 0.25) is 5.02 Å². The zero-order valence-corrected chi connectivity index (χ0v) is 33.1. The number of fused-ring (bicyclic) bond motifs is 4. The van der Waals surface area contributed by atoms with Crippen LogP contribution in [-0.4, -0.2) is 89.9 Å². The zero-order valence-electron chi connectivity index (χ0n) is 32.3. The van der Waals surface area contributed by atoms with E-state index in [1.165, 1.54) is 19.2 Å². The summed E-state index contributed by atoms with van der Waals surface area (Å²) >= 11 is 6.69. The summed E-state index contributed by atoms with van der Waals surface area (Å²) in [6, 6.07) is 17.8. The number of piperidine rings is 3. The first-order valence-electron chi connectivity index (χ1n) is 19.9. The molecule has 4 aliphatic rings. The number of halogens is 1. The Hall–Kier alpha value is -4.42. The number of aliphatic hydroxyl groups is 1. The molecule has 2 atom stereocenters.